The molecule has 1 N–H and O–H groups in total. The summed E-state index contributed by atoms with van der Waals surface area (Å²) in [6.07, 6.45) is 0. The van der Waals surface area contributed by atoms with Crippen LogP contribution in [0, 0.1) is 0 Å². The predicted molar refractivity (Wildman–Crippen MR) is 141 cm³/mol. The summed E-state index contributed by atoms with van der Waals surface area (Å²) >= 11 is 0. The van der Waals surface area contributed by atoms with E-state index in [0.717, 1.165) is 55.9 Å². The predicted octanol–water partition coefficient (Wildman–Crippen LogP) is 6.32. The summed E-state index contributed by atoms with van der Waals surface area (Å²) < 4.78 is 16.8. The van der Waals surface area contributed by atoms with Crippen LogP contribution in [0.5, 0.6) is 17.2 Å². The molecule has 7 rings (SSSR count). The van der Waals surface area contributed by atoms with E-state index in [1.165, 1.54) is 0 Å². The Kier molecular flexibility index (Phi) is 4.92. The van der Waals surface area contributed by atoms with Crippen LogP contribution in [-0.4, -0.2) is 29.7 Å². The second kappa shape index (κ2) is 8.45. The highest BCUT2D eigenvalue weighted by atomic mass is 16.7. The van der Waals surface area contributed by atoms with Crippen LogP contribution in [0.4, 0.5) is 0 Å². The maximum atomic E-state index is 13.9. The first-order valence-corrected chi connectivity index (χ1v) is 12.3. The summed E-state index contributed by atoms with van der Waals surface area (Å²) in [6.45, 7) is 0.646. The van der Waals surface area contributed by atoms with Crippen molar-refractivity contribution < 1.29 is 19.0 Å². The van der Waals surface area contributed by atoms with Crippen molar-refractivity contribution in [2.45, 2.75) is 12.6 Å². The first-order valence-electron chi connectivity index (χ1n) is 12.3. The molecular formula is C31H24N2O4. The van der Waals surface area contributed by atoms with Gasteiger partial charge in [0, 0.05) is 34.1 Å². The molecule has 0 saturated heterocycles. The highest BCUT2D eigenvalue weighted by Gasteiger charge is 2.40. The van der Waals surface area contributed by atoms with Gasteiger partial charge in [-0.15, -0.1) is 0 Å². The van der Waals surface area contributed by atoms with Gasteiger partial charge in [-0.05, 0) is 47.5 Å². The molecule has 182 valence electrons. The number of hydrogen-bond acceptors (Lipinski definition) is 4. The first-order chi connectivity index (χ1) is 18.2. The number of para-hydroxylation sites is 2. The maximum Gasteiger partial charge on any atom is 0.255 e. The number of aromatic amines is 1. The molecule has 1 atom stereocenters. The average Bonchev–Trinajstić information content (AvgIpc) is 3.63. The van der Waals surface area contributed by atoms with Crippen molar-refractivity contribution in [2.75, 3.05) is 13.9 Å². The molecular weight excluding hydrogens is 464 g/mol. The van der Waals surface area contributed by atoms with Gasteiger partial charge in [-0.1, -0.05) is 54.6 Å². The van der Waals surface area contributed by atoms with Crippen LogP contribution in [-0.2, 0) is 6.54 Å². The average molecular weight is 489 g/mol. The van der Waals surface area contributed by atoms with Crippen molar-refractivity contribution in [3.63, 3.8) is 0 Å². The van der Waals surface area contributed by atoms with E-state index in [9.17, 15) is 4.79 Å². The molecule has 0 bridgehead atoms. The zero-order chi connectivity index (χ0) is 24.9. The largest absolute Gasteiger partial charge is 0.496 e. The fraction of sp³-hybridized carbons (Fsp3) is 0.129. The van der Waals surface area contributed by atoms with Crippen molar-refractivity contribution in [3.05, 3.63) is 113 Å². The molecule has 1 aromatic heterocycles. The van der Waals surface area contributed by atoms with Gasteiger partial charge < -0.3 is 24.1 Å². The number of rotatable bonds is 5. The molecule has 6 heteroatoms. The molecule has 37 heavy (non-hydrogen) atoms. The molecule has 0 fully saturated rings. The molecule has 0 saturated carbocycles. The van der Waals surface area contributed by atoms with Crippen LogP contribution >= 0.6 is 0 Å². The summed E-state index contributed by atoms with van der Waals surface area (Å²) in [5.74, 6) is 2.22. The lowest BCUT2D eigenvalue weighted by Gasteiger charge is -2.27. The third-order valence-electron chi connectivity index (χ3n) is 7.24. The molecule has 2 aliphatic heterocycles. The normalized spacial score (nSPS) is 15.9. The summed E-state index contributed by atoms with van der Waals surface area (Å²) in [4.78, 5) is 19.5. The summed E-state index contributed by atoms with van der Waals surface area (Å²) in [7, 11) is 1.68. The maximum absolute atomic E-state index is 13.9. The van der Waals surface area contributed by atoms with E-state index < -0.39 is 0 Å². The Balaban J connectivity index is 1.44. The Bertz CT molecular complexity index is 1670. The van der Waals surface area contributed by atoms with Crippen LogP contribution in [0.2, 0.25) is 0 Å². The molecule has 0 radical (unpaired) electrons. The number of methoxy groups -OCH3 is 1. The number of hydrogen-bond donors (Lipinski definition) is 1. The van der Waals surface area contributed by atoms with Crippen LogP contribution in [0.15, 0.2) is 91.0 Å². The fourth-order valence-electron chi connectivity index (χ4n) is 5.59. The van der Waals surface area contributed by atoms with Crippen molar-refractivity contribution >= 4 is 16.8 Å². The zero-order valence-electron chi connectivity index (χ0n) is 20.2. The van der Waals surface area contributed by atoms with Crippen molar-refractivity contribution in [1.29, 1.82) is 0 Å². The quantitative estimate of drug-likeness (QED) is 0.315. The molecule has 3 heterocycles. The minimum atomic E-state index is -0.287. The number of nitrogens with zero attached hydrogens (tertiary/aromatic N) is 1. The van der Waals surface area contributed by atoms with Crippen LogP contribution < -0.4 is 14.2 Å². The van der Waals surface area contributed by atoms with Gasteiger partial charge in [-0.2, -0.15) is 0 Å². The van der Waals surface area contributed by atoms with E-state index in [1.807, 2.05) is 71.6 Å². The van der Waals surface area contributed by atoms with Gasteiger partial charge in [0.25, 0.3) is 5.91 Å². The van der Waals surface area contributed by atoms with E-state index in [4.69, 9.17) is 14.2 Å². The van der Waals surface area contributed by atoms with Crippen LogP contribution in [0.3, 0.4) is 0 Å². The standard InChI is InChI=1S/C31H24N2O4/c1-35-25-13-7-5-11-23(25)29-28(22-10-4-6-12-24(22)32-29)30-20-8-2-3-9-21(20)31(34)33(30)17-19-14-15-26-27(16-19)37-18-36-26/h2-16,30,32H,17-18H2,1H3/t30-/m1/s1. The van der Waals surface area contributed by atoms with E-state index in [1.54, 1.807) is 7.11 Å². The molecule has 4 aromatic carbocycles. The number of carbonyl (C=O) groups excluding carboxylic acids is 1. The Hall–Kier alpha value is -4.71. The fourth-order valence-corrected chi connectivity index (χ4v) is 5.59. The van der Waals surface area contributed by atoms with E-state index in [2.05, 4.69) is 29.2 Å². The van der Waals surface area contributed by atoms with Crippen LogP contribution in [0.25, 0.3) is 22.2 Å². The van der Waals surface area contributed by atoms with E-state index in [0.29, 0.717) is 12.3 Å². The van der Waals surface area contributed by atoms with Gasteiger partial charge in [0.1, 0.15) is 5.75 Å². The van der Waals surface area contributed by atoms with Gasteiger partial charge in [0.15, 0.2) is 11.5 Å². The Labute approximate surface area is 214 Å². The number of fused-ring (bicyclic) bond motifs is 3. The van der Waals surface area contributed by atoms with Crippen molar-refractivity contribution in [3.8, 4) is 28.5 Å². The van der Waals surface area contributed by atoms with Crippen molar-refractivity contribution in [1.82, 2.24) is 9.88 Å². The van der Waals surface area contributed by atoms with E-state index >= 15 is 0 Å². The Morgan fingerprint density at radius 3 is 2.54 bits per heavy atom. The highest BCUT2D eigenvalue weighted by molar-refractivity contribution is 6.02. The second-order valence-electron chi connectivity index (χ2n) is 9.27. The molecule has 0 aliphatic carbocycles. The topological polar surface area (TPSA) is 63.8 Å². The second-order valence-corrected chi connectivity index (χ2v) is 9.27. The number of ether oxygens (including phenoxy) is 3. The molecule has 2 aliphatic rings. The lowest BCUT2D eigenvalue weighted by atomic mass is 9.92. The SMILES string of the molecule is COc1ccccc1-c1[nH]c2ccccc2c1[C@H]1c2ccccc2C(=O)N1Cc1ccc2c(c1)OCO2. The molecule has 6 nitrogen and oxygen atoms in total. The third-order valence-corrected chi connectivity index (χ3v) is 7.24. The Morgan fingerprint density at radius 1 is 0.892 bits per heavy atom. The van der Waals surface area contributed by atoms with Crippen LogP contribution in [0.1, 0.15) is 33.1 Å². The lowest BCUT2D eigenvalue weighted by Crippen LogP contribution is -2.28. The summed E-state index contributed by atoms with van der Waals surface area (Å²) in [6, 6.07) is 29.7. The minimum absolute atomic E-state index is 0.00882. The van der Waals surface area contributed by atoms with Gasteiger partial charge in [-0.3, -0.25) is 4.79 Å². The molecule has 1 amide bonds. The van der Waals surface area contributed by atoms with Gasteiger partial charge in [0.2, 0.25) is 6.79 Å². The van der Waals surface area contributed by atoms with Crippen molar-refractivity contribution in [2.24, 2.45) is 0 Å². The number of carbonyl (C=O) groups is 1. The number of benzene rings is 4. The van der Waals surface area contributed by atoms with Gasteiger partial charge in [0.05, 0.1) is 18.8 Å². The first kappa shape index (κ1) is 21.6. The third kappa shape index (κ3) is 3.37. The zero-order valence-corrected chi connectivity index (χ0v) is 20.2. The lowest BCUT2D eigenvalue weighted by molar-refractivity contribution is 0.0737. The number of amides is 1. The smallest absolute Gasteiger partial charge is 0.255 e. The van der Waals surface area contributed by atoms with Gasteiger partial charge >= 0.3 is 0 Å². The van der Waals surface area contributed by atoms with E-state index in [-0.39, 0.29) is 18.7 Å². The highest BCUT2D eigenvalue weighted by Crippen LogP contribution is 2.47. The summed E-state index contributed by atoms with van der Waals surface area (Å²) in [5.41, 5.74) is 6.67. The molecule has 0 unspecified atom stereocenters. The monoisotopic (exact) mass is 488 g/mol. The number of nitrogens with one attached hydrogen (secondary N) is 1. The summed E-state index contributed by atoms with van der Waals surface area (Å²) in [5, 5.41) is 1.08. The molecule has 5 aromatic rings. The minimum Gasteiger partial charge on any atom is -0.496 e. The Morgan fingerprint density at radius 2 is 1.65 bits per heavy atom. The molecule has 0 spiro atoms. The number of H-pyrrole nitrogens is 1. The van der Waals surface area contributed by atoms with Gasteiger partial charge in [-0.25, -0.2) is 0 Å². The number of aromatic nitrogens is 1.